The van der Waals surface area contributed by atoms with E-state index in [0.717, 1.165) is 50.3 Å². The highest BCUT2D eigenvalue weighted by molar-refractivity contribution is 5.89. The van der Waals surface area contributed by atoms with Gasteiger partial charge in [0.15, 0.2) is 0 Å². The van der Waals surface area contributed by atoms with Crippen LogP contribution in [0.1, 0.15) is 104 Å². The standard InChI is InChI=1S/C28H40F15NO3/c1-4-5-6-7-8-9-10-11-12-13-14-15-16-47-20(45)19(17-18(2)3)44-21(46)22(29,30)23(31,32)24(33,34)25(35,36)26(37,38)27(39,40)28(41,42)43/h18-19H,4-17H2,1-3H3,(H,44,46). The molecular formula is C28H40F15NO3. The minimum absolute atomic E-state index is 0.220. The normalized spacial score (nSPS) is 14.8. The monoisotopic (exact) mass is 723 g/mol. The number of rotatable bonds is 23. The van der Waals surface area contributed by atoms with Crippen LogP contribution in [0.3, 0.4) is 0 Å². The van der Waals surface area contributed by atoms with Gasteiger partial charge in [0, 0.05) is 0 Å². The molecule has 0 fully saturated rings. The Morgan fingerprint density at radius 2 is 0.915 bits per heavy atom. The van der Waals surface area contributed by atoms with Crippen molar-refractivity contribution in [2.45, 2.75) is 152 Å². The second-order valence-corrected chi connectivity index (χ2v) is 11.7. The lowest BCUT2D eigenvalue weighted by Gasteiger charge is -2.41. The molecule has 0 radical (unpaired) electrons. The van der Waals surface area contributed by atoms with Crippen molar-refractivity contribution in [1.82, 2.24) is 5.32 Å². The number of alkyl halides is 15. The minimum atomic E-state index is -8.52. The number of amides is 1. The zero-order valence-corrected chi connectivity index (χ0v) is 25.9. The predicted octanol–water partition coefficient (Wildman–Crippen LogP) is 10.1. The molecule has 0 aliphatic carbocycles. The summed E-state index contributed by atoms with van der Waals surface area (Å²) in [5, 5.41) is 0.871. The Hall–Kier alpha value is -2.11. The number of carbonyl (C=O) groups excluding carboxylic acids is 2. The summed E-state index contributed by atoms with van der Waals surface area (Å²) in [5.41, 5.74) is 0. The fraction of sp³-hybridized carbons (Fsp3) is 0.929. The van der Waals surface area contributed by atoms with Crippen LogP contribution in [0, 0.1) is 5.92 Å². The van der Waals surface area contributed by atoms with E-state index in [1.807, 2.05) is 0 Å². The zero-order valence-electron chi connectivity index (χ0n) is 25.9. The first kappa shape index (κ1) is 44.9. The van der Waals surface area contributed by atoms with Gasteiger partial charge in [0.25, 0.3) is 5.91 Å². The lowest BCUT2D eigenvalue weighted by molar-refractivity contribution is -0.449. The first-order chi connectivity index (χ1) is 21.2. The third-order valence-corrected chi connectivity index (χ3v) is 7.15. The van der Waals surface area contributed by atoms with Crippen molar-refractivity contribution in [3.05, 3.63) is 0 Å². The maximum absolute atomic E-state index is 14.3. The summed E-state index contributed by atoms with van der Waals surface area (Å²) in [5.74, 6) is -54.6. The van der Waals surface area contributed by atoms with Gasteiger partial charge in [-0.05, 0) is 18.8 Å². The highest BCUT2D eigenvalue weighted by Crippen LogP contribution is 2.62. The minimum Gasteiger partial charge on any atom is -0.464 e. The number of unbranched alkanes of at least 4 members (excludes halogenated alkanes) is 11. The molecule has 280 valence electrons. The van der Waals surface area contributed by atoms with E-state index in [4.69, 9.17) is 4.74 Å². The molecule has 0 spiro atoms. The van der Waals surface area contributed by atoms with Gasteiger partial charge in [0.2, 0.25) is 0 Å². The number of nitrogens with one attached hydrogen (secondary N) is 1. The van der Waals surface area contributed by atoms with Crippen molar-refractivity contribution in [3.8, 4) is 0 Å². The molecule has 0 saturated carbocycles. The number of esters is 1. The summed E-state index contributed by atoms with van der Waals surface area (Å²) < 4.78 is 206. The lowest BCUT2D eigenvalue weighted by atomic mass is 9.90. The summed E-state index contributed by atoms with van der Waals surface area (Å²) in [6.07, 6.45) is 2.72. The van der Waals surface area contributed by atoms with Gasteiger partial charge < -0.3 is 10.1 Å². The van der Waals surface area contributed by atoms with E-state index in [1.54, 1.807) is 0 Å². The highest BCUT2D eigenvalue weighted by Gasteiger charge is 2.94. The Morgan fingerprint density at radius 1 is 0.553 bits per heavy atom. The summed E-state index contributed by atoms with van der Waals surface area (Å²) in [6.45, 7) is 4.32. The number of hydrogen-bond donors (Lipinski definition) is 1. The molecule has 0 rings (SSSR count). The van der Waals surface area contributed by atoms with E-state index < -0.39 is 72.0 Å². The summed E-state index contributed by atoms with van der Waals surface area (Å²) in [6, 6.07) is -2.30. The van der Waals surface area contributed by atoms with Crippen LogP contribution in [-0.4, -0.2) is 66.2 Å². The number of carbonyl (C=O) groups is 2. The van der Waals surface area contributed by atoms with Gasteiger partial charge in [-0.2, -0.15) is 65.9 Å². The molecule has 0 aromatic rings. The van der Waals surface area contributed by atoms with Gasteiger partial charge in [-0.25, -0.2) is 4.79 Å². The Balaban J connectivity index is 5.46. The maximum Gasteiger partial charge on any atom is 0.460 e. The quantitative estimate of drug-likeness (QED) is 0.0649. The van der Waals surface area contributed by atoms with E-state index in [0.29, 0.717) is 12.8 Å². The SMILES string of the molecule is CCCCCCCCCCCCCCOC(=O)C(CC(C)C)NC(=O)C(F)(F)C(F)(F)C(F)(F)C(F)(F)C(F)(F)C(F)(F)C(F)(F)F. The Bertz CT molecular complexity index is 969. The topological polar surface area (TPSA) is 55.4 Å². The molecule has 0 saturated heterocycles. The Kier molecular flexibility index (Phi) is 16.7. The van der Waals surface area contributed by atoms with Crippen molar-refractivity contribution in [2.24, 2.45) is 5.92 Å². The third kappa shape index (κ3) is 10.7. The van der Waals surface area contributed by atoms with E-state index >= 15 is 0 Å². The number of hydrogen-bond acceptors (Lipinski definition) is 3. The van der Waals surface area contributed by atoms with E-state index in [9.17, 15) is 75.4 Å². The second kappa shape index (κ2) is 17.5. The molecule has 1 N–H and O–H groups in total. The molecule has 0 heterocycles. The van der Waals surface area contributed by atoms with Crippen LogP contribution in [-0.2, 0) is 14.3 Å². The average molecular weight is 724 g/mol. The van der Waals surface area contributed by atoms with Gasteiger partial charge in [-0.15, -0.1) is 0 Å². The van der Waals surface area contributed by atoms with Crippen LogP contribution >= 0.6 is 0 Å². The number of ether oxygens (including phenoxy) is 1. The Labute approximate surface area is 262 Å². The van der Waals surface area contributed by atoms with Crippen LogP contribution in [0.15, 0.2) is 0 Å². The van der Waals surface area contributed by atoms with Crippen LogP contribution in [0.2, 0.25) is 0 Å². The largest absolute Gasteiger partial charge is 0.464 e. The first-order valence-corrected chi connectivity index (χ1v) is 15.0. The van der Waals surface area contributed by atoms with E-state index in [1.165, 1.54) is 26.7 Å². The van der Waals surface area contributed by atoms with Gasteiger partial charge >= 0.3 is 47.7 Å². The van der Waals surface area contributed by atoms with Crippen LogP contribution in [0.5, 0.6) is 0 Å². The smallest absolute Gasteiger partial charge is 0.460 e. The molecule has 4 nitrogen and oxygen atoms in total. The molecule has 1 amide bonds. The van der Waals surface area contributed by atoms with Gasteiger partial charge in [0.05, 0.1) is 6.61 Å². The third-order valence-electron chi connectivity index (χ3n) is 7.15. The van der Waals surface area contributed by atoms with Crippen molar-refractivity contribution in [2.75, 3.05) is 6.61 Å². The summed E-state index contributed by atoms with van der Waals surface area (Å²) >= 11 is 0. The van der Waals surface area contributed by atoms with E-state index in [2.05, 4.69) is 6.92 Å². The molecule has 1 atom stereocenters. The second-order valence-electron chi connectivity index (χ2n) is 11.7. The fourth-order valence-electron chi connectivity index (χ4n) is 4.26. The van der Waals surface area contributed by atoms with Crippen LogP contribution in [0.25, 0.3) is 0 Å². The first-order valence-electron chi connectivity index (χ1n) is 15.0. The van der Waals surface area contributed by atoms with Gasteiger partial charge in [-0.1, -0.05) is 91.4 Å². The average Bonchev–Trinajstić information content (AvgIpc) is 2.93. The number of halogens is 15. The Morgan fingerprint density at radius 3 is 1.30 bits per heavy atom. The maximum atomic E-state index is 14.3. The van der Waals surface area contributed by atoms with Crippen LogP contribution < -0.4 is 5.32 Å². The molecule has 0 aliphatic rings. The van der Waals surface area contributed by atoms with Crippen LogP contribution in [0.4, 0.5) is 65.9 Å². The molecule has 0 aromatic carbocycles. The fourth-order valence-corrected chi connectivity index (χ4v) is 4.26. The van der Waals surface area contributed by atoms with Gasteiger partial charge in [0.1, 0.15) is 6.04 Å². The van der Waals surface area contributed by atoms with Gasteiger partial charge in [-0.3, -0.25) is 4.79 Å². The van der Waals surface area contributed by atoms with Crippen molar-refractivity contribution in [3.63, 3.8) is 0 Å². The lowest BCUT2D eigenvalue weighted by Crippen LogP contribution is -2.74. The predicted molar refractivity (Wildman–Crippen MR) is 139 cm³/mol. The zero-order chi connectivity index (χ0) is 37.1. The van der Waals surface area contributed by atoms with E-state index in [-0.39, 0.29) is 13.0 Å². The molecule has 0 aliphatic heterocycles. The molecular weight excluding hydrogens is 683 g/mol. The molecule has 0 aromatic heterocycles. The molecule has 1 unspecified atom stereocenters. The van der Waals surface area contributed by atoms with Crippen molar-refractivity contribution in [1.29, 1.82) is 0 Å². The highest BCUT2D eigenvalue weighted by atomic mass is 19.4. The molecule has 47 heavy (non-hydrogen) atoms. The summed E-state index contributed by atoms with van der Waals surface area (Å²) in [4.78, 5) is 24.3. The molecule has 0 bridgehead atoms. The van der Waals surface area contributed by atoms with Crippen molar-refractivity contribution >= 4 is 11.9 Å². The summed E-state index contributed by atoms with van der Waals surface area (Å²) in [7, 11) is 0. The molecule has 19 heteroatoms. The van der Waals surface area contributed by atoms with Crippen molar-refractivity contribution < 1.29 is 80.2 Å².